The van der Waals surface area contributed by atoms with Crippen molar-refractivity contribution in [2.24, 2.45) is 0 Å². The van der Waals surface area contributed by atoms with E-state index < -0.39 is 5.91 Å². The van der Waals surface area contributed by atoms with Gasteiger partial charge in [0.2, 0.25) is 0 Å². The zero-order chi connectivity index (χ0) is 14.9. The summed E-state index contributed by atoms with van der Waals surface area (Å²) in [4.78, 5) is 12.2. The molecule has 0 radical (unpaired) electrons. The quantitative estimate of drug-likeness (QED) is 0.741. The Morgan fingerprint density at radius 3 is 2.55 bits per heavy atom. The Morgan fingerprint density at radius 1 is 1.20 bits per heavy atom. The summed E-state index contributed by atoms with van der Waals surface area (Å²) in [6, 6.07) is 7.81. The van der Waals surface area contributed by atoms with Gasteiger partial charge in [-0.2, -0.15) is 0 Å². The summed E-state index contributed by atoms with van der Waals surface area (Å²) < 4.78 is 0. The molecule has 2 aromatic rings. The molecule has 0 aliphatic heterocycles. The molecular weight excluding hydrogens is 276 g/mol. The molecule has 4 N–H and O–H groups in total. The van der Waals surface area contributed by atoms with Gasteiger partial charge < -0.3 is 16.2 Å². The average Bonchev–Trinajstić information content (AvgIpc) is 2.38. The molecule has 0 aliphatic rings. The van der Waals surface area contributed by atoms with Gasteiger partial charge in [-0.05, 0) is 55.3 Å². The molecule has 5 heteroatoms. The highest BCUT2D eigenvalue weighted by atomic mass is 35.5. The van der Waals surface area contributed by atoms with Crippen LogP contribution in [-0.4, -0.2) is 11.0 Å². The highest BCUT2D eigenvalue weighted by Gasteiger charge is 2.13. The predicted molar refractivity (Wildman–Crippen MR) is 81.4 cm³/mol. The number of carbonyl (C=O) groups is 1. The molecule has 2 aromatic carbocycles. The fourth-order valence-electron chi connectivity index (χ4n) is 1.82. The minimum Gasteiger partial charge on any atom is -0.508 e. The van der Waals surface area contributed by atoms with Crippen LogP contribution < -0.4 is 11.1 Å². The van der Waals surface area contributed by atoms with Gasteiger partial charge in [0, 0.05) is 0 Å². The number of benzene rings is 2. The highest BCUT2D eigenvalue weighted by Crippen LogP contribution is 2.26. The van der Waals surface area contributed by atoms with Gasteiger partial charge in [0.1, 0.15) is 5.75 Å². The van der Waals surface area contributed by atoms with E-state index in [0.29, 0.717) is 11.4 Å². The first-order chi connectivity index (χ1) is 9.38. The molecular formula is C15H15ClN2O2. The van der Waals surface area contributed by atoms with Crippen LogP contribution in [0.1, 0.15) is 21.5 Å². The van der Waals surface area contributed by atoms with Crippen LogP contribution in [0.2, 0.25) is 5.02 Å². The first-order valence-electron chi connectivity index (χ1n) is 6.05. The Kier molecular flexibility index (Phi) is 3.86. The van der Waals surface area contributed by atoms with E-state index in [1.54, 1.807) is 12.1 Å². The topological polar surface area (TPSA) is 75.3 Å². The van der Waals surface area contributed by atoms with E-state index in [4.69, 9.17) is 17.3 Å². The minimum absolute atomic E-state index is 0.0207. The molecule has 20 heavy (non-hydrogen) atoms. The molecule has 0 heterocycles. The van der Waals surface area contributed by atoms with E-state index in [-0.39, 0.29) is 16.3 Å². The number of phenolic OH excluding ortho intramolecular Hbond substituents is 1. The molecule has 0 aliphatic carbocycles. The molecule has 0 unspecified atom stereocenters. The van der Waals surface area contributed by atoms with Gasteiger partial charge in [0.05, 0.1) is 22.0 Å². The van der Waals surface area contributed by atoms with Gasteiger partial charge in [-0.25, -0.2) is 0 Å². The largest absolute Gasteiger partial charge is 0.508 e. The Hall–Kier alpha value is -2.20. The minimum atomic E-state index is -0.416. The molecule has 104 valence electrons. The van der Waals surface area contributed by atoms with Crippen LogP contribution in [0.15, 0.2) is 30.3 Å². The average molecular weight is 291 g/mol. The number of aryl methyl sites for hydroxylation is 2. The summed E-state index contributed by atoms with van der Waals surface area (Å²) in [7, 11) is 0. The Morgan fingerprint density at radius 2 is 1.85 bits per heavy atom. The van der Waals surface area contributed by atoms with Crippen molar-refractivity contribution in [1.29, 1.82) is 0 Å². The molecule has 0 spiro atoms. The van der Waals surface area contributed by atoms with Crippen LogP contribution in [0.25, 0.3) is 0 Å². The lowest BCUT2D eigenvalue weighted by Crippen LogP contribution is -2.14. The normalized spacial score (nSPS) is 10.3. The van der Waals surface area contributed by atoms with E-state index in [1.807, 2.05) is 13.8 Å². The number of halogens is 1. The Balaban J connectivity index is 2.32. The monoisotopic (exact) mass is 290 g/mol. The van der Waals surface area contributed by atoms with Crippen LogP contribution in [-0.2, 0) is 0 Å². The zero-order valence-corrected chi connectivity index (χ0v) is 12.0. The third-order valence-corrected chi connectivity index (χ3v) is 3.44. The number of rotatable bonds is 2. The molecule has 1 amide bonds. The van der Waals surface area contributed by atoms with E-state index in [1.165, 1.54) is 18.2 Å². The molecule has 0 saturated heterocycles. The number of nitrogen functional groups attached to an aromatic ring is 1. The molecule has 0 fully saturated rings. The summed E-state index contributed by atoms with van der Waals surface area (Å²) in [6.45, 7) is 3.88. The second-order valence-electron chi connectivity index (χ2n) is 4.64. The van der Waals surface area contributed by atoms with E-state index in [9.17, 15) is 9.90 Å². The molecule has 0 saturated carbocycles. The van der Waals surface area contributed by atoms with Crippen molar-refractivity contribution in [2.45, 2.75) is 13.8 Å². The third-order valence-electron chi connectivity index (χ3n) is 3.11. The van der Waals surface area contributed by atoms with Gasteiger partial charge >= 0.3 is 0 Å². The van der Waals surface area contributed by atoms with Crippen LogP contribution in [0.3, 0.4) is 0 Å². The van der Waals surface area contributed by atoms with E-state index >= 15 is 0 Å². The highest BCUT2D eigenvalue weighted by molar-refractivity contribution is 6.34. The van der Waals surface area contributed by atoms with E-state index in [0.717, 1.165) is 11.1 Å². The van der Waals surface area contributed by atoms with Crippen molar-refractivity contribution in [2.75, 3.05) is 11.1 Å². The Bertz CT molecular complexity index is 684. The first-order valence-corrected chi connectivity index (χ1v) is 6.43. The maximum absolute atomic E-state index is 12.2. The summed E-state index contributed by atoms with van der Waals surface area (Å²) in [5.41, 5.74) is 9.17. The van der Waals surface area contributed by atoms with Crippen LogP contribution in [0, 0.1) is 13.8 Å². The lowest BCUT2D eigenvalue weighted by molar-refractivity contribution is 0.102. The summed E-state index contributed by atoms with van der Waals surface area (Å²) in [5, 5.41) is 12.4. The van der Waals surface area contributed by atoms with Crippen molar-refractivity contribution in [3.05, 3.63) is 52.0 Å². The van der Waals surface area contributed by atoms with Gasteiger partial charge in [0.15, 0.2) is 0 Å². The van der Waals surface area contributed by atoms with Crippen molar-refractivity contribution < 1.29 is 9.90 Å². The number of nitrogens with one attached hydrogen (secondary N) is 1. The van der Waals surface area contributed by atoms with Crippen LogP contribution in [0.4, 0.5) is 11.4 Å². The number of phenols is 1. The second kappa shape index (κ2) is 5.43. The maximum Gasteiger partial charge on any atom is 0.257 e. The van der Waals surface area contributed by atoms with E-state index in [2.05, 4.69) is 5.32 Å². The van der Waals surface area contributed by atoms with Crippen molar-refractivity contribution >= 4 is 28.9 Å². The zero-order valence-electron chi connectivity index (χ0n) is 11.2. The summed E-state index contributed by atoms with van der Waals surface area (Å²) >= 11 is 5.95. The fraction of sp³-hybridized carbons (Fsp3) is 0.133. The number of hydrogen-bond acceptors (Lipinski definition) is 3. The van der Waals surface area contributed by atoms with Crippen molar-refractivity contribution in [3.63, 3.8) is 0 Å². The number of nitrogens with two attached hydrogens (primary N) is 1. The maximum atomic E-state index is 12.2. The lowest BCUT2D eigenvalue weighted by Gasteiger charge is -2.12. The van der Waals surface area contributed by atoms with Gasteiger partial charge in [-0.3, -0.25) is 4.79 Å². The fourth-order valence-corrected chi connectivity index (χ4v) is 2.03. The molecule has 2 rings (SSSR count). The third kappa shape index (κ3) is 2.86. The number of hydrogen-bond donors (Lipinski definition) is 3. The van der Waals surface area contributed by atoms with Gasteiger partial charge in [-0.1, -0.05) is 11.6 Å². The smallest absolute Gasteiger partial charge is 0.257 e. The van der Waals surface area contributed by atoms with Crippen LogP contribution in [0.5, 0.6) is 5.75 Å². The lowest BCUT2D eigenvalue weighted by atomic mass is 10.1. The summed E-state index contributed by atoms with van der Waals surface area (Å²) in [5.74, 6) is -0.437. The second-order valence-corrected chi connectivity index (χ2v) is 5.05. The first kappa shape index (κ1) is 14.2. The predicted octanol–water partition coefficient (Wildman–Crippen LogP) is 3.50. The molecule has 0 aromatic heterocycles. The standard InChI is InChI=1S/C15H15ClN2O2/c1-8-5-13(17)14(6-9(8)2)18-15(20)11-7-10(19)3-4-12(11)16/h3-7,19H,17H2,1-2H3,(H,18,20). The number of amides is 1. The molecule has 0 atom stereocenters. The SMILES string of the molecule is Cc1cc(N)c(NC(=O)c2cc(O)ccc2Cl)cc1C. The number of anilines is 2. The molecule has 0 bridgehead atoms. The van der Waals surface area contributed by atoms with Crippen LogP contribution >= 0.6 is 11.6 Å². The van der Waals surface area contributed by atoms with Crippen molar-refractivity contribution in [1.82, 2.24) is 0 Å². The van der Waals surface area contributed by atoms with Gasteiger partial charge in [-0.15, -0.1) is 0 Å². The Labute approximate surface area is 122 Å². The summed E-state index contributed by atoms with van der Waals surface area (Å²) in [6.07, 6.45) is 0. The number of carbonyl (C=O) groups excluding carboxylic acids is 1. The number of aromatic hydroxyl groups is 1. The molecule has 4 nitrogen and oxygen atoms in total. The van der Waals surface area contributed by atoms with Crippen molar-refractivity contribution in [3.8, 4) is 5.75 Å². The van der Waals surface area contributed by atoms with Gasteiger partial charge in [0.25, 0.3) is 5.91 Å².